The predicted molar refractivity (Wildman–Crippen MR) is 128 cm³/mol. The SMILES string of the molecule is CC(C)Oc1ccc(CNC(=O)c2ccc3c(c2)N(Cc2ccccc2)CCS3)cc1. The van der Waals surface area contributed by atoms with Crippen LogP contribution in [-0.2, 0) is 13.1 Å². The normalized spacial score (nSPS) is 13.1. The lowest BCUT2D eigenvalue weighted by molar-refractivity contribution is 0.0951. The Hall–Kier alpha value is -2.92. The van der Waals surface area contributed by atoms with Crippen LogP contribution in [0.3, 0.4) is 0 Å². The molecule has 4 nitrogen and oxygen atoms in total. The molecule has 3 aromatic carbocycles. The summed E-state index contributed by atoms with van der Waals surface area (Å²) in [5.41, 5.74) is 4.16. The van der Waals surface area contributed by atoms with Crippen molar-refractivity contribution in [1.82, 2.24) is 5.32 Å². The van der Waals surface area contributed by atoms with E-state index in [0.717, 1.165) is 35.8 Å². The Bertz CT molecular complexity index is 1020. The Balaban J connectivity index is 1.42. The summed E-state index contributed by atoms with van der Waals surface area (Å²) in [6.07, 6.45) is 0.147. The molecule has 3 aromatic rings. The minimum absolute atomic E-state index is 0.0551. The molecule has 31 heavy (non-hydrogen) atoms. The number of amides is 1. The summed E-state index contributed by atoms with van der Waals surface area (Å²) in [6.45, 7) is 6.32. The summed E-state index contributed by atoms with van der Waals surface area (Å²) >= 11 is 1.85. The van der Waals surface area contributed by atoms with Crippen LogP contribution in [0.4, 0.5) is 5.69 Å². The van der Waals surface area contributed by atoms with Gasteiger partial charge in [-0.05, 0) is 55.3 Å². The van der Waals surface area contributed by atoms with Gasteiger partial charge in [0, 0.05) is 35.8 Å². The smallest absolute Gasteiger partial charge is 0.251 e. The van der Waals surface area contributed by atoms with Gasteiger partial charge in [0.05, 0.1) is 11.8 Å². The van der Waals surface area contributed by atoms with Gasteiger partial charge in [-0.1, -0.05) is 42.5 Å². The third-order valence-corrected chi connectivity index (χ3v) is 6.19. The van der Waals surface area contributed by atoms with Crippen molar-refractivity contribution >= 4 is 23.4 Å². The Morgan fingerprint density at radius 2 is 1.81 bits per heavy atom. The van der Waals surface area contributed by atoms with Gasteiger partial charge in [0.15, 0.2) is 0 Å². The van der Waals surface area contributed by atoms with Crippen molar-refractivity contribution < 1.29 is 9.53 Å². The van der Waals surface area contributed by atoms with E-state index < -0.39 is 0 Å². The number of anilines is 1. The van der Waals surface area contributed by atoms with Gasteiger partial charge in [-0.15, -0.1) is 11.8 Å². The maximum Gasteiger partial charge on any atom is 0.251 e. The van der Waals surface area contributed by atoms with E-state index in [0.29, 0.717) is 12.1 Å². The van der Waals surface area contributed by atoms with E-state index in [4.69, 9.17) is 4.74 Å². The molecule has 1 heterocycles. The molecule has 1 aliphatic rings. The summed E-state index contributed by atoms with van der Waals surface area (Å²) in [4.78, 5) is 16.4. The zero-order chi connectivity index (χ0) is 21.6. The fraction of sp³-hybridized carbons (Fsp3) is 0.269. The second-order valence-corrected chi connectivity index (χ2v) is 9.07. The molecule has 0 fully saturated rings. The number of hydrogen-bond acceptors (Lipinski definition) is 4. The molecule has 0 radical (unpaired) electrons. The van der Waals surface area contributed by atoms with E-state index in [1.807, 2.05) is 68.1 Å². The first kappa shape index (κ1) is 21.3. The number of rotatable bonds is 7. The van der Waals surface area contributed by atoms with Gasteiger partial charge in [-0.25, -0.2) is 0 Å². The van der Waals surface area contributed by atoms with Crippen LogP contribution in [0.25, 0.3) is 0 Å². The molecule has 4 rings (SSSR count). The van der Waals surface area contributed by atoms with Crippen molar-refractivity contribution in [3.63, 3.8) is 0 Å². The lowest BCUT2D eigenvalue weighted by Crippen LogP contribution is -2.29. The number of ether oxygens (including phenoxy) is 1. The summed E-state index contributed by atoms with van der Waals surface area (Å²) < 4.78 is 5.68. The number of carbonyl (C=O) groups excluding carboxylic acids is 1. The molecule has 0 saturated heterocycles. The first-order valence-electron chi connectivity index (χ1n) is 10.7. The third kappa shape index (κ3) is 5.61. The average Bonchev–Trinajstić information content (AvgIpc) is 2.79. The van der Waals surface area contributed by atoms with E-state index in [-0.39, 0.29) is 12.0 Å². The van der Waals surface area contributed by atoms with Crippen LogP contribution >= 0.6 is 11.8 Å². The number of nitrogens with one attached hydrogen (secondary N) is 1. The standard InChI is InChI=1S/C26H28N2O2S/c1-19(2)30-23-11-8-20(9-12-23)17-27-26(29)22-10-13-25-24(16-22)28(14-15-31-25)18-21-6-4-3-5-7-21/h3-13,16,19H,14-15,17-18H2,1-2H3,(H,27,29). The number of benzene rings is 3. The van der Waals surface area contributed by atoms with Gasteiger partial charge in [-0.2, -0.15) is 0 Å². The Morgan fingerprint density at radius 1 is 1.03 bits per heavy atom. The predicted octanol–water partition coefficient (Wildman–Crippen LogP) is 5.52. The number of hydrogen-bond donors (Lipinski definition) is 1. The summed E-state index contributed by atoms with van der Waals surface area (Å²) in [7, 11) is 0. The number of thioether (sulfide) groups is 1. The van der Waals surface area contributed by atoms with Crippen LogP contribution in [0.15, 0.2) is 77.7 Å². The maximum atomic E-state index is 12.8. The fourth-order valence-corrected chi connectivity index (χ4v) is 4.66. The lowest BCUT2D eigenvalue weighted by atomic mass is 10.1. The van der Waals surface area contributed by atoms with Crippen LogP contribution in [0.2, 0.25) is 0 Å². The molecule has 0 atom stereocenters. The largest absolute Gasteiger partial charge is 0.491 e. The summed E-state index contributed by atoms with van der Waals surface area (Å²) in [6, 6.07) is 24.4. The molecule has 160 valence electrons. The van der Waals surface area contributed by atoms with Crippen LogP contribution < -0.4 is 15.0 Å². The monoisotopic (exact) mass is 432 g/mol. The molecule has 0 bridgehead atoms. The highest BCUT2D eigenvalue weighted by Crippen LogP contribution is 2.36. The minimum Gasteiger partial charge on any atom is -0.491 e. The molecule has 1 amide bonds. The molecular weight excluding hydrogens is 404 g/mol. The van der Waals surface area contributed by atoms with Gasteiger partial charge in [0.2, 0.25) is 0 Å². The Morgan fingerprint density at radius 3 is 2.55 bits per heavy atom. The van der Waals surface area contributed by atoms with Crippen molar-refractivity contribution in [2.75, 3.05) is 17.2 Å². The number of carbonyl (C=O) groups is 1. The highest BCUT2D eigenvalue weighted by Gasteiger charge is 2.19. The van der Waals surface area contributed by atoms with Crippen molar-refractivity contribution in [3.8, 4) is 5.75 Å². The zero-order valence-electron chi connectivity index (χ0n) is 18.0. The van der Waals surface area contributed by atoms with Crippen molar-refractivity contribution in [3.05, 3.63) is 89.5 Å². The van der Waals surface area contributed by atoms with E-state index in [1.54, 1.807) is 0 Å². The first-order valence-corrected chi connectivity index (χ1v) is 11.7. The Labute approximate surface area is 188 Å². The van der Waals surface area contributed by atoms with E-state index in [2.05, 4.69) is 40.5 Å². The number of nitrogens with zero attached hydrogens (tertiary/aromatic N) is 1. The van der Waals surface area contributed by atoms with Gasteiger partial charge in [-0.3, -0.25) is 4.79 Å². The number of fused-ring (bicyclic) bond motifs is 1. The Kier molecular flexibility index (Phi) is 6.82. The van der Waals surface area contributed by atoms with Gasteiger partial charge in [0.1, 0.15) is 5.75 Å². The van der Waals surface area contributed by atoms with E-state index in [9.17, 15) is 4.79 Å². The molecular formula is C26H28N2O2S. The molecule has 0 saturated carbocycles. The molecule has 0 aliphatic carbocycles. The molecule has 0 spiro atoms. The van der Waals surface area contributed by atoms with E-state index >= 15 is 0 Å². The quantitative estimate of drug-likeness (QED) is 0.534. The van der Waals surface area contributed by atoms with Crippen molar-refractivity contribution in [1.29, 1.82) is 0 Å². The van der Waals surface area contributed by atoms with Gasteiger partial charge in [0.25, 0.3) is 5.91 Å². The molecule has 5 heteroatoms. The minimum atomic E-state index is -0.0551. The van der Waals surface area contributed by atoms with Crippen LogP contribution in [-0.4, -0.2) is 24.3 Å². The molecule has 0 unspecified atom stereocenters. The van der Waals surface area contributed by atoms with Crippen LogP contribution in [0, 0.1) is 0 Å². The summed E-state index contributed by atoms with van der Waals surface area (Å²) in [5, 5.41) is 3.04. The third-order valence-electron chi connectivity index (χ3n) is 5.15. The van der Waals surface area contributed by atoms with E-state index in [1.165, 1.54) is 10.5 Å². The first-order chi connectivity index (χ1) is 15.1. The highest BCUT2D eigenvalue weighted by molar-refractivity contribution is 7.99. The fourth-order valence-electron chi connectivity index (χ4n) is 3.62. The average molecular weight is 433 g/mol. The topological polar surface area (TPSA) is 41.6 Å². The van der Waals surface area contributed by atoms with Gasteiger partial charge >= 0.3 is 0 Å². The second kappa shape index (κ2) is 9.92. The second-order valence-electron chi connectivity index (χ2n) is 7.93. The van der Waals surface area contributed by atoms with Crippen molar-refractivity contribution in [2.24, 2.45) is 0 Å². The zero-order valence-corrected chi connectivity index (χ0v) is 18.8. The molecule has 1 aliphatic heterocycles. The highest BCUT2D eigenvalue weighted by atomic mass is 32.2. The molecule has 0 aromatic heterocycles. The lowest BCUT2D eigenvalue weighted by Gasteiger charge is -2.31. The summed E-state index contributed by atoms with van der Waals surface area (Å²) in [5.74, 6) is 1.85. The van der Waals surface area contributed by atoms with Crippen LogP contribution in [0.1, 0.15) is 35.3 Å². The van der Waals surface area contributed by atoms with Crippen LogP contribution in [0.5, 0.6) is 5.75 Å². The van der Waals surface area contributed by atoms with Gasteiger partial charge < -0.3 is 15.0 Å². The van der Waals surface area contributed by atoms with Crippen molar-refractivity contribution in [2.45, 2.75) is 37.9 Å². The molecule has 1 N–H and O–H groups in total. The maximum absolute atomic E-state index is 12.8.